The third-order valence-corrected chi connectivity index (χ3v) is 1.55. The first-order valence-corrected chi connectivity index (χ1v) is 3.90. The minimum Gasteiger partial charge on any atom is -0.368 e. The van der Waals surface area contributed by atoms with Crippen molar-refractivity contribution in [3.63, 3.8) is 0 Å². The van der Waals surface area contributed by atoms with Crippen molar-refractivity contribution < 1.29 is 4.79 Å². The molecule has 1 atom stereocenters. The van der Waals surface area contributed by atoms with Gasteiger partial charge in [0.1, 0.15) is 5.38 Å². The molecule has 0 aliphatic carbocycles. The molecule has 0 aliphatic heterocycles. The zero-order valence-corrected chi connectivity index (χ0v) is 7.81. The Morgan fingerprint density at radius 2 is 1.90 bits per heavy atom. The first-order valence-electron chi connectivity index (χ1n) is 2.33. The maximum atomic E-state index is 10.3. The summed E-state index contributed by atoms with van der Waals surface area (Å²) in [5.74, 6) is -0.687. The number of alkyl halides is 4. The molecule has 2 nitrogen and oxygen atoms in total. The van der Waals surface area contributed by atoms with Gasteiger partial charge >= 0.3 is 0 Å². The Balaban J connectivity index is 3.80. The molecule has 2 N–H and O–H groups in total. The van der Waals surface area contributed by atoms with Crippen LogP contribution < -0.4 is 5.73 Å². The molecule has 10 heavy (non-hydrogen) atoms. The quantitative estimate of drug-likeness (QED) is 0.715. The fourth-order valence-corrected chi connectivity index (χ4v) is 1.24. The molecule has 0 bridgehead atoms. The van der Waals surface area contributed by atoms with Gasteiger partial charge in [-0.3, -0.25) is 4.79 Å². The number of hydrogen-bond acceptors (Lipinski definition) is 1. The summed E-state index contributed by atoms with van der Waals surface area (Å²) >= 11 is 21.3. The second kappa shape index (κ2) is 3.86. The molecular weight excluding hydrogens is 220 g/mol. The third-order valence-electron chi connectivity index (χ3n) is 0.719. The Morgan fingerprint density at radius 1 is 1.50 bits per heavy atom. The van der Waals surface area contributed by atoms with Crippen molar-refractivity contribution in [2.75, 3.05) is 0 Å². The van der Waals surface area contributed by atoms with Crippen LogP contribution in [0.2, 0.25) is 0 Å². The molecule has 0 rings (SSSR count). The van der Waals surface area contributed by atoms with Gasteiger partial charge in [0.25, 0.3) is 0 Å². The molecule has 0 heterocycles. The van der Waals surface area contributed by atoms with E-state index in [1.165, 1.54) is 0 Å². The second-order valence-corrected chi connectivity index (χ2v) is 4.73. The van der Waals surface area contributed by atoms with Crippen molar-refractivity contribution in [1.29, 1.82) is 0 Å². The van der Waals surface area contributed by atoms with Gasteiger partial charge in [0, 0.05) is 6.42 Å². The van der Waals surface area contributed by atoms with Gasteiger partial charge in [-0.1, -0.05) is 34.8 Å². The molecule has 0 aliphatic rings. The molecule has 1 unspecified atom stereocenters. The Labute approximate surface area is 78.5 Å². The molecule has 0 aromatic heterocycles. The van der Waals surface area contributed by atoms with Crippen molar-refractivity contribution >= 4 is 52.3 Å². The molecule has 0 saturated heterocycles. The smallest absolute Gasteiger partial charge is 0.235 e. The zero-order valence-electron chi connectivity index (χ0n) is 4.78. The molecule has 0 radical (unpaired) electrons. The predicted molar refractivity (Wildman–Crippen MR) is 43.7 cm³/mol. The number of primary amides is 1. The number of halogens is 4. The SMILES string of the molecule is NC(=O)C(Cl)CC(Cl)(Cl)Cl. The lowest BCUT2D eigenvalue weighted by molar-refractivity contribution is -0.117. The second-order valence-electron chi connectivity index (χ2n) is 1.69. The van der Waals surface area contributed by atoms with E-state index >= 15 is 0 Å². The number of hydrogen-bond donors (Lipinski definition) is 1. The maximum Gasteiger partial charge on any atom is 0.235 e. The molecule has 60 valence electrons. The van der Waals surface area contributed by atoms with E-state index in [0.717, 1.165) is 0 Å². The first-order chi connectivity index (χ1) is 4.33. The van der Waals surface area contributed by atoms with Crippen molar-refractivity contribution in [3.8, 4) is 0 Å². The van der Waals surface area contributed by atoms with Crippen LogP contribution in [0.4, 0.5) is 0 Å². The average molecular weight is 225 g/mol. The van der Waals surface area contributed by atoms with E-state index in [4.69, 9.17) is 52.1 Å². The van der Waals surface area contributed by atoms with E-state index in [0.29, 0.717) is 0 Å². The normalized spacial score (nSPS) is 14.8. The highest BCUT2D eigenvalue weighted by atomic mass is 35.6. The average Bonchev–Trinajstić information content (AvgIpc) is 1.60. The number of nitrogens with two attached hydrogens (primary N) is 1. The Morgan fingerprint density at radius 3 is 2.00 bits per heavy atom. The lowest BCUT2D eigenvalue weighted by Crippen LogP contribution is -2.27. The van der Waals surface area contributed by atoms with Crippen LogP contribution in [-0.4, -0.2) is 15.1 Å². The van der Waals surface area contributed by atoms with Gasteiger partial charge in [0.05, 0.1) is 0 Å². The Hall–Kier alpha value is 0.630. The zero-order chi connectivity index (χ0) is 8.36. The van der Waals surface area contributed by atoms with Crippen LogP contribution in [0.25, 0.3) is 0 Å². The van der Waals surface area contributed by atoms with Crippen LogP contribution in [0.5, 0.6) is 0 Å². The fourth-order valence-electron chi connectivity index (χ4n) is 0.304. The number of carbonyl (C=O) groups is 1. The van der Waals surface area contributed by atoms with E-state index in [9.17, 15) is 4.79 Å². The summed E-state index contributed by atoms with van der Waals surface area (Å²) in [6, 6.07) is 0. The molecular formula is C4H5Cl4NO. The molecule has 0 aromatic carbocycles. The lowest BCUT2D eigenvalue weighted by Gasteiger charge is -2.11. The van der Waals surface area contributed by atoms with Gasteiger partial charge < -0.3 is 5.73 Å². The molecule has 0 spiro atoms. The largest absolute Gasteiger partial charge is 0.368 e. The van der Waals surface area contributed by atoms with Gasteiger partial charge in [-0.05, 0) is 0 Å². The van der Waals surface area contributed by atoms with Gasteiger partial charge in [-0.2, -0.15) is 0 Å². The molecule has 6 heteroatoms. The number of amides is 1. The monoisotopic (exact) mass is 223 g/mol. The van der Waals surface area contributed by atoms with Gasteiger partial charge in [0.2, 0.25) is 5.91 Å². The summed E-state index contributed by atoms with van der Waals surface area (Å²) in [5, 5.41) is -0.924. The fraction of sp³-hybridized carbons (Fsp3) is 0.750. The minimum atomic E-state index is -1.51. The van der Waals surface area contributed by atoms with E-state index in [1.807, 2.05) is 0 Å². The molecule has 1 amide bonds. The van der Waals surface area contributed by atoms with Gasteiger partial charge in [-0.15, -0.1) is 11.6 Å². The summed E-state index contributed by atoms with van der Waals surface area (Å²) < 4.78 is -1.51. The number of rotatable bonds is 2. The summed E-state index contributed by atoms with van der Waals surface area (Å²) in [5.41, 5.74) is 4.80. The Bertz CT molecular complexity index is 132. The van der Waals surface area contributed by atoms with Crippen LogP contribution in [0.15, 0.2) is 0 Å². The highest BCUT2D eigenvalue weighted by Crippen LogP contribution is 2.32. The lowest BCUT2D eigenvalue weighted by atomic mass is 10.3. The number of carbonyl (C=O) groups excluding carboxylic acids is 1. The van der Waals surface area contributed by atoms with Gasteiger partial charge in [0.15, 0.2) is 3.79 Å². The van der Waals surface area contributed by atoms with Crippen LogP contribution in [-0.2, 0) is 4.79 Å². The van der Waals surface area contributed by atoms with E-state index in [-0.39, 0.29) is 6.42 Å². The van der Waals surface area contributed by atoms with Crippen molar-refractivity contribution in [2.24, 2.45) is 5.73 Å². The Kier molecular flexibility index (Phi) is 4.10. The van der Waals surface area contributed by atoms with Crippen molar-refractivity contribution in [3.05, 3.63) is 0 Å². The highest BCUT2D eigenvalue weighted by Gasteiger charge is 2.26. The van der Waals surface area contributed by atoms with E-state index < -0.39 is 15.1 Å². The molecule has 0 aromatic rings. The maximum absolute atomic E-state index is 10.3. The standard InChI is InChI=1S/C4H5Cl4NO/c5-2(3(9)10)1-4(6,7)8/h2H,1H2,(H2,9,10). The molecule has 0 fully saturated rings. The third kappa shape index (κ3) is 5.42. The van der Waals surface area contributed by atoms with Crippen molar-refractivity contribution in [1.82, 2.24) is 0 Å². The van der Waals surface area contributed by atoms with Crippen LogP contribution >= 0.6 is 46.4 Å². The van der Waals surface area contributed by atoms with Crippen LogP contribution in [0.1, 0.15) is 6.42 Å². The van der Waals surface area contributed by atoms with Crippen LogP contribution in [0, 0.1) is 0 Å². The highest BCUT2D eigenvalue weighted by molar-refractivity contribution is 6.67. The van der Waals surface area contributed by atoms with Gasteiger partial charge in [-0.25, -0.2) is 0 Å². The summed E-state index contributed by atoms with van der Waals surface area (Å²) in [6.07, 6.45) is -0.0748. The van der Waals surface area contributed by atoms with E-state index in [2.05, 4.69) is 0 Å². The van der Waals surface area contributed by atoms with E-state index in [1.54, 1.807) is 0 Å². The predicted octanol–water partition coefficient (Wildman–Crippen LogP) is 1.84. The summed E-state index contributed by atoms with van der Waals surface area (Å²) in [6.45, 7) is 0. The van der Waals surface area contributed by atoms with Crippen molar-refractivity contribution in [2.45, 2.75) is 15.6 Å². The summed E-state index contributed by atoms with van der Waals surface area (Å²) in [7, 11) is 0. The minimum absolute atomic E-state index is 0.0748. The molecule has 0 saturated carbocycles. The first kappa shape index (κ1) is 10.6. The topological polar surface area (TPSA) is 43.1 Å². The van der Waals surface area contributed by atoms with Crippen LogP contribution in [0.3, 0.4) is 0 Å². The summed E-state index contributed by atoms with van der Waals surface area (Å²) in [4.78, 5) is 10.3.